The SMILES string of the molecule is CC[C@@H](C(=O)NC)N(Cc1ccc(OC)cc1)C(=O)CN(c1cc(C)ccc1C)S(=O)(=O)c1ccc(C)cc1. The Morgan fingerprint density at radius 1 is 0.923 bits per heavy atom. The van der Waals surface area contributed by atoms with Gasteiger partial charge in [-0.3, -0.25) is 13.9 Å². The zero-order valence-corrected chi connectivity index (χ0v) is 24.2. The van der Waals surface area contributed by atoms with Gasteiger partial charge in [0.1, 0.15) is 18.3 Å². The molecule has 0 saturated heterocycles. The summed E-state index contributed by atoms with van der Waals surface area (Å²) in [6.07, 6.45) is 0.357. The van der Waals surface area contributed by atoms with Gasteiger partial charge < -0.3 is 15.0 Å². The lowest BCUT2D eigenvalue weighted by atomic mass is 10.1. The predicted octanol–water partition coefficient (Wildman–Crippen LogP) is 4.37. The van der Waals surface area contributed by atoms with Crippen LogP contribution < -0.4 is 14.4 Å². The van der Waals surface area contributed by atoms with Gasteiger partial charge in [-0.15, -0.1) is 0 Å². The molecule has 3 aromatic carbocycles. The summed E-state index contributed by atoms with van der Waals surface area (Å²) in [5.41, 5.74) is 3.70. The maximum absolute atomic E-state index is 14.0. The smallest absolute Gasteiger partial charge is 0.264 e. The molecule has 2 amide bonds. The van der Waals surface area contributed by atoms with Gasteiger partial charge in [0.25, 0.3) is 10.0 Å². The molecule has 1 atom stereocenters. The summed E-state index contributed by atoms with van der Waals surface area (Å²) < 4.78 is 34.4. The molecule has 0 radical (unpaired) electrons. The van der Waals surface area contributed by atoms with Crippen LogP contribution in [-0.2, 0) is 26.2 Å². The first-order valence-corrected chi connectivity index (χ1v) is 14.3. The molecule has 0 aliphatic heterocycles. The fourth-order valence-corrected chi connectivity index (χ4v) is 5.82. The van der Waals surface area contributed by atoms with Crippen molar-refractivity contribution in [2.75, 3.05) is 25.0 Å². The molecule has 208 valence electrons. The summed E-state index contributed by atoms with van der Waals surface area (Å²) >= 11 is 0. The molecular formula is C30H37N3O5S. The zero-order valence-electron chi connectivity index (χ0n) is 23.4. The standard InChI is InChI=1S/C30H37N3O5S/c1-7-27(30(35)31-5)32(19-24-12-14-25(38-6)15-13-24)29(34)20-33(28-18-22(3)8-11-23(28)4)39(36,37)26-16-9-21(2)10-17-26/h8-18,27H,7,19-20H2,1-6H3,(H,31,35)/t27-/m0/s1. The zero-order chi connectivity index (χ0) is 28.7. The number of nitrogens with zero attached hydrogens (tertiary/aromatic N) is 2. The third-order valence-electron chi connectivity index (χ3n) is 6.67. The van der Waals surface area contributed by atoms with E-state index in [0.29, 0.717) is 23.4 Å². The van der Waals surface area contributed by atoms with E-state index in [4.69, 9.17) is 4.74 Å². The van der Waals surface area contributed by atoms with Crippen LogP contribution in [-0.4, -0.2) is 51.9 Å². The van der Waals surface area contributed by atoms with Gasteiger partial charge in [-0.1, -0.05) is 48.9 Å². The first-order valence-electron chi connectivity index (χ1n) is 12.8. The molecule has 0 aromatic heterocycles. The van der Waals surface area contributed by atoms with Crippen molar-refractivity contribution in [2.45, 2.75) is 51.6 Å². The second-order valence-corrected chi connectivity index (χ2v) is 11.4. The third kappa shape index (κ3) is 6.97. The summed E-state index contributed by atoms with van der Waals surface area (Å²) in [4.78, 5) is 28.4. The third-order valence-corrected chi connectivity index (χ3v) is 8.44. The normalized spacial score (nSPS) is 11.9. The number of anilines is 1. The number of likely N-dealkylation sites (N-methyl/N-ethyl adjacent to an activating group) is 1. The number of aryl methyl sites for hydroxylation is 3. The van der Waals surface area contributed by atoms with Gasteiger partial charge in [-0.25, -0.2) is 8.42 Å². The molecule has 3 rings (SSSR count). The van der Waals surface area contributed by atoms with Crippen LogP contribution >= 0.6 is 0 Å². The number of methoxy groups -OCH3 is 1. The molecule has 39 heavy (non-hydrogen) atoms. The van der Waals surface area contributed by atoms with Crippen LogP contribution in [0.25, 0.3) is 0 Å². The number of benzene rings is 3. The van der Waals surface area contributed by atoms with Gasteiger partial charge >= 0.3 is 0 Å². The Morgan fingerprint density at radius 3 is 2.10 bits per heavy atom. The monoisotopic (exact) mass is 551 g/mol. The molecule has 0 unspecified atom stereocenters. The Kier molecular flexibility index (Phi) is 9.75. The Balaban J connectivity index is 2.09. The maximum Gasteiger partial charge on any atom is 0.264 e. The topological polar surface area (TPSA) is 96.0 Å². The molecule has 9 heteroatoms. The molecule has 8 nitrogen and oxygen atoms in total. The van der Waals surface area contributed by atoms with Crippen molar-refractivity contribution in [1.29, 1.82) is 0 Å². The number of rotatable bonds is 11. The summed E-state index contributed by atoms with van der Waals surface area (Å²) in [5, 5.41) is 2.63. The van der Waals surface area contributed by atoms with Crippen LogP contribution in [0.2, 0.25) is 0 Å². The summed E-state index contributed by atoms with van der Waals surface area (Å²) in [5.74, 6) is -0.142. The Morgan fingerprint density at radius 2 is 1.54 bits per heavy atom. The van der Waals surface area contributed by atoms with Crippen molar-refractivity contribution >= 4 is 27.5 Å². The fraction of sp³-hybridized carbons (Fsp3) is 0.333. The number of sulfonamides is 1. The van der Waals surface area contributed by atoms with Crippen LogP contribution in [0.15, 0.2) is 71.6 Å². The average Bonchev–Trinajstić information content (AvgIpc) is 2.93. The van der Waals surface area contributed by atoms with Crippen LogP contribution in [0.4, 0.5) is 5.69 Å². The number of hydrogen-bond donors (Lipinski definition) is 1. The molecular weight excluding hydrogens is 514 g/mol. The summed E-state index contributed by atoms with van der Waals surface area (Å²) in [6, 6.07) is 18.5. The largest absolute Gasteiger partial charge is 0.497 e. The fourth-order valence-electron chi connectivity index (χ4n) is 4.35. The van der Waals surface area contributed by atoms with Crippen LogP contribution in [0.5, 0.6) is 5.75 Å². The molecule has 0 fully saturated rings. The predicted molar refractivity (Wildman–Crippen MR) is 153 cm³/mol. The second-order valence-electron chi connectivity index (χ2n) is 9.52. The number of carbonyl (C=O) groups is 2. The molecule has 1 N–H and O–H groups in total. The van der Waals surface area contributed by atoms with E-state index in [9.17, 15) is 18.0 Å². The summed E-state index contributed by atoms with van der Waals surface area (Å²) in [7, 11) is -1.02. The Bertz CT molecular complexity index is 1400. The first kappa shape index (κ1) is 29.7. The van der Waals surface area contributed by atoms with Gasteiger partial charge in [-0.2, -0.15) is 0 Å². The second kappa shape index (κ2) is 12.8. The molecule has 0 heterocycles. The minimum atomic E-state index is -4.11. The highest BCUT2D eigenvalue weighted by atomic mass is 32.2. The average molecular weight is 552 g/mol. The lowest BCUT2D eigenvalue weighted by molar-refractivity contribution is -0.140. The van der Waals surface area contributed by atoms with E-state index >= 15 is 0 Å². The minimum absolute atomic E-state index is 0.0850. The quantitative estimate of drug-likeness (QED) is 0.382. The van der Waals surface area contributed by atoms with Crippen molar-refractivity contribution < 1.29 is 22.7 Å². The molecule has 3 aromatic rings. The number of amides is 2. The molecule has 0 aliphatic rings. The van der Waals surface area contributed by atoms with Crippen LogP contribution in [0, 0.1) is 20.8 Å². The van der Waals surface area contributed by atoms with Crippen molar-refractivity contribution in [2.24, 2.45) is 0 Å². The van der Waals surface area contributed by atoms with E-state index in [0.717, 1.165) is 21.0 Å². The van der Waals surface area contributed by atoms with Crippen molar-refractivity contribution in [3.8, 4) is 5.75 Å². The van der Waals surface area contributed by atoms with Gasteiger partial charge in [-0.05, 0) is 74.2 Å². The Labute approximate surface area is 231 Å². The molecule has 0 bridgehead atoms. The molecule has 0 saturated carbocycles. The number of hydrogen-bond acceptors (Lipinski definition) is 5. The van der Waals surface area contributed by atoms with Gasteiger partial charge in [0.15, 0.2) is 0 Å². The van der Waals surface area contributed by atoms with Gasteiger partial charge in [0.2, 0.25) is 11.8 Å². The van der Waals surface area contributed by atoms with Gasteiger partial charge in [0, 0.05) is 13.6 Å². The van der Waals surface area contributed by atoms with E-state index in [1.165, 1.54) is 11.9 Å². The maximum atomic E-state index is 14.0. The highest BCUT2D eigenvalue weighted by Crippen LogP contribution is 2.29. The van der Waals surface area contributed by atoms with E-state index in [1.54, 1.807) is 49.6 Å². The van der Waals surface area contributed by atoms with Crippen molar-refractivity contribution in [1.82, 2.24) is 10.2 Å². The molecule has 0 aliphatic carbocycles. The number of ether oxygens (including phenoxy) is 1. The van der Waals surface area contributed by atoms with E-state index < -0.39 is 28.5 Å². The van der Waals surface area contributed by atoms with E-state index in [-0.39, 0.29) is 17.3 Å². The number of nitrogens with one attached hydrogen (secondary N) is 1. The number of carbonyl (C=O) groups excluding carboxylic acids is 2. The van der Waals surface area contributed by atoms with Crippen LogP contribution in [0.1, 0.15) is 35.6 Å². The molecule has 0 spiro atoms. The Hall–Kier alpha value is -3.85. The minimum Gasteiger partial charge on any atom is -0.497 e. The highest BCUT2D eigenvalue weighted by molar-refractivity contribution is 7.92. The van der Waals surface area contributed by atoms with E-state index in [2.05, 4.69) is 5.32 Å². The van der Waals surface area contributed by atoms with Crippen molar-refractivity contribution in [3.05, 3.63) is 89.0 Å². The highest BCUT2D eigenvalue weighted by Gasteiger charge is 2.34. The van der Waals surface area contributed by atoms with Gasteiger partial charge in [0.05, 0.1) is 17.7 Å². The van der Waals surface area contributed by atoms with Crippen LogP contribution in [0.3, 0.4) is 0 Å². The van der Waals surface area contributed by atoms with E-state index in [1.807, 2.05) is 52.0 Å². The lowest BCUT2D eigenvalue weighted by Crippen LogP contribution is -2.51. The summed E-state index contributed by atoms with van der Waals surface area (Å²) in [6.45, 7) is 7.04. The van der Waals surface area contributed by atoms with Crippen molar-refractivity contribution in [3.63, 3.8) is 0 Å². The first-order chi connectivity index (χ1) is 18.5. The lowest BCUT2D eigenvalue weighted by Gasteiger charge is -2.33.